The maximum Gasteiger partial charge on any atom is 0.248 e. The summed E-state index contributed by atoms with van der Waals surface area (Å²) in [5.41, 5.74) is 1.88. The van der Waals surface area contributed by atoms with Gasteiger partial charge in [0.2, 0.25) is 11.5 Å². The fraction of sp³-hybridized carbons (Fsp3) is 0.467. The first kappa shape index (κ1) is 30.6. The predicted molar refractivity (Wildman–Crippen MR) is 154 cm³/mol. The molecule has 7 nitrogen and oxygen atoms in total. The lowest BCUT2D eigenvalue weighted by Gasteiger charge is -2.34. The highest BCUT2D eigenvalue weighted by atomic mass is 35.5. The Kier molecular flexibility index (Phi) is 12.2. The fourth-order valence-corrected chi connectivity index (χ4v) is 5.25. The van der Waals surface area contributed by atoms with Crippen LogP contribution in [-0.4, -0.2) is 59.8 Å². The number of phenols is 1. The van der Waals surface area contributed by atoms with Crippen LogP contribution in [0.4, 0.5) is 4.39 Å². The summed E-state index contributed by atoms with van der Waals surface area (Å²) in [7, 11) is 0. The molecule has 39 heavy (non-hydrogen) atoms. The lowest BCUT2D eigenvalue weighted by molar-refractivity contribution is -0.135. The Morgan fingerprint density at radius 1 is 1.00 bits per heavy atom. The van der Waals surface area contributed by atoms with Gasteiger partial charge in [-0.3, -0.25) is 9.59 Å². The molecule has 0 spiro atoms. The maximum absolute atomic E-state index is 13.8. The van der Waals surface area contributed by atoms with E-state index in [1.165, 1.54) is 18.6 Å². The molecule has 1 fully saturated rings. The first-order valence-electron chi connectivity index (χ1n) is 13.7. The molecule has 1 aromatic heterocycles. The number of H-pyrrole nitrogens is 1. The molecular weight excluding hydrogens is 521 g/mol. The molecule has 1 aliphatic carbocycles. The number of carbonyl (C=O) groups excluding carboxylic acids is 1. The number of amides is 1. The van der Waals surface area contributed by atoms with Gasteiger partial charge in [-0.1, -0.05) is 43.5 Å². The molecule has 4 rings (SSSR count). The Morgan fingerprint density at radius 2 is 1.79 bits per heavy atom. The largest absolute Gasteiger partial charge is 0.506 e. The summed E-state index contributed by atoms with van der Waals surface area (Å²) < 4.78 is 19.4. The van der Waals surface area contributed by atoms with Crippen LogP contribution in [0.25, 0.3) is 10.9 Å². The van der Waals surface area contributed by atoms with Gasteiger partial charge in [-0.05, 0) is 61.6 Å². The molecule has 0 bridgehead atoms. The third-order valence-corrected chi connectivity index (χ3v) is 7.33. The molecule has 0 aliphatic heterocycles. The number of fused-ring (bicyclic) bond motifs is 1. The Balaban J connectivity index is 0.00000420. The van der Waals surface area contributed by atoms with E-state index in [1.807, 2.05) is 17.0 Å². The minimum absolute atomic E-state index is 0. The lowest BCUT2D eigenvalue weighted by atomic mass is 9.94. The van der Waals surface area contributed by atoms with Gasteiger partial charge in [-0.15, -0.1) is 12.4 Å². The first-order valence-corrected chi connectivity index (χ1v) is 13.7. The number of pyridine rings is 1. The number of phenolic OH excluding ortho intramolecular Hbond substituents is 1. The predicted octanol–water partition coefficient (Wildman–Crippen LogP) is 4.74. The molecule has 3 N–H and O–H groups in total. The average molecular weight is 560 g/mol. The van der Waals surface area contributed by atoms with Crippen molar-refractivity contribution in [3.8, 4) is 5.75 Å². The lowest BCUT2D eigenvalue weighted by Crippen LogP contribution is -2.45. The van der Waals surface area contributed by atoms with E-state index in [4.69, 9.17) is 4.74 Å². The number of ether oxygens (including phenoxy) is 1. The van der Waals surface area contributed by atoms with Crippen LogP contribution < -0.4 is 10.9 Å². The van der Waals surface area contributed by atoms with Gasteiger partial charge in [-0.25, -0.2) is 4.39 Å². The Hall–Kier alpha value is -2.94. The zero-order valence-electron chi connectivity index (χ0n) is 22.3. The molecule has 1 heterocycles. The van der Waals surface area contributed by atoms with Gasteiger partial charge in [0.05, 0.1) is 25.2 Å². The van der Waals surface area contributed by atoms with Crippen molar-refractivity contribution in [3.63, 3.8) is 0 Å². The van der Waals surface area contributed by atoms with Crippen molar-refractivity contribution < 1.29 is 19.0 Å². The van der Waals surface area contributed by atoms with Gasteiger partial charge in [0.1, 0.15) is 11.6 Å². The molecule has 212 valence electrons. The number of nitrogens with one attached hydrogen (secondary N) is 2. The molecule has 1 aliphatic rings. The van der Waals surface area contributed by atoms with Crippen LogP contribution in [0.5, 0.6) is 5.75 Å². The summed E-state index contributed by atoms with van der Waals surface area (Å²) in [6, 6.07) is 13.7. The molecule has 0 radical (unpaired) electrons. The van der Waals surface area contributed by atoms with Crippen molar-refractivity contribution in [2.24, 2.45) is 0 Å². The van der Waals surface area contributed by atoms with Gasteiger partial charge >= 0.3 is 0 Å². The number of aromatic hydroxyl groups is 1. The number of nitrogens with zero attached hydrogens (tertiary/aromatic N) is 1. The summed E-state index contributed by atoms with van der Waals surface area (Å²) in [5, 5.41) is 14.4. The van der Waals surface area contributed by atoms with Crippen LogP contribution in [-0.2, 0) is 22.4 Å². The van der Waals surface area contributed by atoms with Crippen molar-refractivity contribution in [1.29, 1.82) is 0 Å². The summed E-state index contributed by atoms with van der Waals surface area (Å²) in [4.78, 5) is 29.5. The second kappa shape index (κ2) is 15.6. The van der Waals surface area contributed by atoms with E-state index in [-0.39, 0.29) is 41.5 Å². The number of aromatic nitrogens is 1. The number of halogens is 2. The van der Waals surface area contributed by atoms with Crippen molar-refractivity contribution in [3.05, 3.63) is 75.8 Å². The summed E-state index contributed by atoms with van der Waals surface area (Å²) >= 11 is 0. The topological polar surface area (TPSA) is 94.7 Å². The van der Waals surface area contributed by atoms with Crippen molar-refractivity contribution in [2.75, 3.05) is 32.8 Å². The molecule has 3 aromatic rings. The molecule has 9 heteroatoms. The molecule has 1 saturated carbocycles. The van der Waals surface area contributed by atoms with Crippen LogP contribution in [0.1, 0.15) is 49.7 Å². The van der Waals surface area contributed by atoms with Crippen LogP contribution in [0.3, 0.4) is 0 Å². The van der Waals surface area contributed by atoms with Crippen LogP contribution >= 0.6 is 12.4 Å². The zero-order chi connectivity index (χ0) is 26.7. The molecule has 2 aromatic carbocycles. The van der Waals surface area contributed by atoms with E-state index in [0.29, 0.717) is 56.8 Å². The molecule has 0 atom stereocenters. The Morgan fingerprint density at radius 3 is 2.59 bits per heavy atom. The van der Waals surface area contributed by atoms with Gasteiger partial charge < -0.3 is 25.0 Å². The maximum atomic E-state index is 13.8. The highest BCUT2D eigenvalue weighted by molar-refractivity contribution is 5.87. The fourth-order valence-electron chi connectivity index (χ4n) is 5.25. The zero-order valence-corrected chi connectivity index (χ0v) is 23.1. The number of hydrogen-bond donors (Lipinski definition) is 3. The summed E-state index contributed by atoms with van der Waals surface area (Å²) in [6.45, 7) is 2.76. The van der Waals surface area contributed by atoms with E-state index < -0.39 is 0 Å². The number of hydrogen-bond acceptors (Lipinski definition) is 5. The normalized spacial score (nSPS) is 13.8. The Labute approximate surface area is 235 Å². The third-order valence-electron chi connectivity index (χ3n) is 7.33. The van der Waals surface area contributed by atoms with E-state index in [9.17, 15) is 19.1 Å². The van der Waals surface area contributed by atoms with Gasteiger partial charge in [0.15, 0.2) is 0 Å². The minimum Gasteiger partial charge on any atom is -0.506 e. The smallest absolute Gasteiger partial charge is 0.248 e. The molecular formula is C30H39ClFN3O4. The van der Waals surface area contributed by atoms with E-state index in [2.05, 4.69) is 10.3 Å². The molecule has 0 unspecified atom stereocenters. The highest BCUT2D eigenvalue weighted by Gasteiger charge is 2.24. The quantitative estimate of drug-likeness (QED) is 0.263. The third kappa shape index (κ3) is 8.78. The molecule has 0 saturated heterocycles. The van der Waals surface area contributed by atoms with E-state index in [1.54, 1.807) is 24.3 Å². The number of carbonyl (C=O) groups is 1. The number of benzene rings is 2. The van der Waals surface area contributed by atoms with E-state index >= 15 is 0 Å². The second-order valence-corrected chi connectivity index (χ2v) is 9.94. The van der Waals surface area contributed by atoms with E-state index in [0.717, 1.165) is 43.1 Å². The number of aromatic amines is 1. The Bertz CT molecular complexity index is 1260. The second-order valence-electron chi connectivity index (χ2n) is 9.94. The van der Waals surface area contributed by atoms with Crippen LogP contribution in [0, 0.1) is 5.82 Å². The highest BCUT2D eigenvalue weighted by Crippen LogP contribution is 2.25. The molecule has 1 amide bonds. The minimum atomic E-state index is -0.244. The van der Waals surface area contributed by atoms with Crippen molar-refractivity contribution >= 4 is 29.2 Å². The van der Waals surface area contributed by atoms with Crippen LogP contribution in [0.15, 0.2) is 53.3 Å². The van der Waals surface area contributed by atoms with Crippen LogP contribution in [0.2, 0.25) is 0 Å². The first-order chi connectivity index (χ1) is 18.5. The van der Waals surface area contributed by atoms with Gasteiger partial charge in [0, 0.05) is 30.6 Å². The standard InChI is InChI=1S/C30H38FN3O4.ClH/c31-26-9-5-4-6-23(26)15-20-38-21-16-29(37)34(24-7-2-1-3-8-24)19-18-32-17-14-22-10-12-27(35)30-25(22)11-13-28(36)33-30;/h4-6,9-13,24,32,35H,1-3,7-8,14-21H2,(H,33,36);1H. The van der Waals surface area contributed by atoms with Gasteiger partial charge in [0.25, 0.3) is 0 Å². The monoisotopic (exact) mass is 559 g/mol. The number of rotatable bonds is 13. The summed E-state index contributed by atoms with van der Waals surface area (Å²) in [6.07, 6.45) is 7.15. The SMILES string of the molecule is Cl.O=C(CCOCCc1ccccc1F)N(CCNCCc1ccc(O)c2[nH]c(=O)ccc12)C1CCCCC1. The summed E-state index contributed by atoms with van der Waals surface area (Å²) in [5.74, 6) is -0.0537. The van der Waals surface area contributed by atoms with Crippen molar-refractivity contribution in [2.45, 2.75) is 57.4 Å². The average Bonchev–Trinajstić information content (AvgIpc) is 2.93. The van der Waals surface area contributed by atoms with Gasteiger partial charge in [-0.2, -0.15) is 0 Å². The van der Waals surface area contributed by atoms with Crippen molar-refractivity contribution in [1.82, 2.24) is 15.2 Å².